The highest BCUT2D eigenvalue weighted by Gasteiger charge is 2.14. The van der Waals surface area contributed by atoms with E-state index in [0.29, 0.717) is 5.92 Å². The van der Waals surface area contributed by atoms with Gasteiger partial charge in [0.1, 0.15) is 11.2 Å². The van der Waals surface area contributed by atoms with E-state index in [-0.39, 0.29) is 0 Å². The van der Waals surface area contributed by atoms with Crippen molar-refractivity contribution in [1.29, 1.82) is 0 Å². The van der Waals surface area contributed by atoms with Gasteiger partial charge in [-0.25, -0.2) is 0 Å². The Morgan fingerprint density at radius 1 is 0.618 bits per heavy atom. The zero-order valence-electron chi connectivity index (χ0n) is 19.3. The first-order valence-electron chi connectivity index (χ1n) is 11.7. The minimum atomic E-state index is 0.450. The highest BCUT2D eigenvalue weighted by Crippen LogP contribution is 2.37. The Bertz CT molecular complexity index is 1630. The Labute approximate surface area is 199 Å². The smallest absolute Gasteiger partial charge is 0.144 e. The van der Waals surface area contributed by atoms with Crippen LogP contribution in [0.15, 0.2) is 114 Å². The number of aromatic nitrogens is 1. The minimum absolute atomic E-state index is 0.450. The monoisotopic (exact) mass is 439 g/mol. The normalized spacial score (nSPS) is 11.5. The van der Waals surface area contributed by atoms with Crippen molar-refractivity contribution >= 4 is 21.9 Å². The number of para-hydroxylation sites is 1. The highest BCUT2D eigenvalue weighted by atomic mass is 16.3. The molecular weight excluding hydrogens is 414 g/mol. The van der Waals surface area contributed by atoms with Crippen molar-refractivity contribution in [2.45, 2.75) is 19.8 Å². The SMILES string of the molecule is CC(C)c1ccnc(-c2cccc3c2oc2cc(-c4cccc(-c5ccccc5)c4)ccc23)c1. The third-order valence-corrected chi connectivity index (χ3v) is 6.53. The van der Waals surface area contributed by atoms with Crippen LogP contribution in [0, 0.1) is 0 Å². The summed E-state index contributed by atoms with van der Waals surface area (Å²) in [5.74, 6) is 0.450. The molecule has 0 fully saturated rings. The molecule has 0 aliphatic carbocycles. The quantitative estimate of drug-likeness (QED) is 0.274. The first-order valence-corrected chi connectivity index (χ1v) is 11.7. The molecule has 6 rings (SSSR count). The van der Waals surface area contributed by atoms with Gasteiger partial charge < -0.3 is 4.42 Å². The number of hydrogen-bond acceptors (Lipinski definition) is 2. The van der Waals surface area contributed by atoms with Crippen molar-refractivity contribution in [2.75, 3.05) is 0 Å². The summed E-state index contributed by atoms with van der Waals surface area (Å²) in [6.07, 6.45) is 1.89. The second-order valence-corrected chi connectivity index (χ2v) is 9.07. The van der Waals surface area contributed by atoms with Crippen molar-refractivity contribution in [3.05, 3.63) is 115 Å². The summed E-state index contributed by atoms with van der Waals surface area (Å²) in [5, 5.41) is 2.24. The van der Waals surface area contributed by atoms with Gasteiger partial charge in [0.15, 0.2) is 0 Å². The number of hydrogen-bond donors (Lipinski definition) is 0. The molecule has 164 valence electrons. The van der Waals surface area contributed by atoms with Gasteiger partial charge >= 0.3 is 0 Å². The molecule has 0 bridgehead atoms. The predicted octanol–water partition coefficient (Wildman–Crippen LogP) is 9.11. The molecule has 6 aromatic rings. The van der Waals surface area contributed by atoms with Crippen LogP contribution in [0.5, 0.6) is 0 Å². The zero-order valence-corrected chi connectivity index (χ0v) is 19.3. The third kappa shape index (κ3) is 3.58. The average molecular weight is 440 g/mol. The van der Waals surface area contributed by atoms with Gasteiger partial charge in [-0.05, 0) is 70.1 Å². The van der Waals surface area contributed by atoms with Gasteiger partial charge in [-0.15, -0.1) is 0 Å². The van der Waals surface area contributed by atoms with E-state index >= 15 is 0 Å². The fourth-order valence-electron chi connectivity index (χ4n) is 4.64. The van der Waals surface area contributed by atoms with E-state index in [2.05, 4.69) is 116 Å². The van der Waals surface area contributed by atoms with Crippen molar-refractivity contribution in [1.82, 2.24) is 4.98 Å². The lowest BCUT2D eigenvalue weighted by Crippen LogP contribution is -1.90. The van der Waals surface area contributed by atoms with Gasteiger partial charge in [-0.1, -0.05) is 80.6 Å². The summed E-state index contributed by atoms with van der Waals surface area (Å²) in [4.78, 5) is 4.66. The van der Waals surface area contributed by atoms with Crippen LogP contribution in [0.25, 0.3) is 55.4 Å². The summed E-state index contributed by atoms with van der Waals surface area (Å²) in [7, 11) is 0. The predicted molar refractivity (Wildman–Crippen MR) is 142 cm³/mol. The maximum absolute atomic E-state index is 6.48. The Kier molecular flexibility index (Phi) is 5.00. The second kappa shape index (κ2) is 8.31. The van der Waals surface area contributed by atoms with Crippen LogP contribution in [0.2, 0.25) is 0 Å². The summed E-state index contributed by atoms with van der Waals surface area (Å²) >= 11 is 0. The third-order valence-electron chi connectivity index (χ3n) is 6.53. The summed E-state index contributed by atoms with van der Waals surface area (Å²) in [5.41, 5.74) is 9.79. The van der Waals surface area contributed by atoms with E-state index in [1.165, 1.54) is 22.3 Å². The van der Waals surface area contributed by atoms with Gasteiger partial charge in [-0.2, -0.15) is 0 Å². The number of fused-ring (bicyclic) bond motifs is 3. The minimum Gasteiger partial charge on any atom is -0.455 e. The molecule has 0 unspecified atom stereocenters. The van der Waals surface area contributed by atoms with Crippen molar-refractivity contribution in [2.24, 2.45) is 0 Å². The van der Waals surface area contributed by atoms with Crippen LogP contribution in [-0.4, -0.2) is 4.98 Å². The van der Waals surface area contributed by atoms with Crippen LogP contribution in [0.3, 0.4) is 0 Å². The molecule has 0 aliphatic rings. The average Bonchev–Trinajstić information content (AvgIpc) is 3.27. The van der Waals surface area contributed by atoms with Crippen LogP contribution in [0.1, 0.15) is 25.3 Å². The molecule has 2 nitrogen and oxygen atoms in total. The van der Waals surface area contributed by atoms with Crippen LogP contribution >= 0.6 is 0 Å². The van der Waals surface area contributed by atoms with Crippen molar-refractivity contribution in [3.63, 3.8) is 0 Å². The molecule has 0 aliphatic heterocycles. The molecule has 0 amide bonds. The summed E-state index contributed by atoms with van der Waals surface area (Å²) in [6.45, 7) is 4.41. The van der Waals surface area contributed by atoms with Gasteiger partial charge in [0, 0.05) is 22.5 Å². The van der Waals surface area contributed by atoms with Crippen molar-refractivity contribution in [3.8, 4) is 33.5 Å². The molecule has 34 heavy (non-hydrogen) atoms. The number of rotatable bonds is 4. The van der Waals surface area contributed by atoms with E-state index in [9.17, 15) is 0 Å². The Hall–Kier alpha value is -4.17. The lowest BCUT2D eigenvalue weighted by molar-refractivity contribution is 0.670. The standard InChI is InChI=1S/C32H25NO/c1-21(2)23-16-17-33-30(19-23)29-13-7-12-28-27-15-14-26(20-31(27)34-32(28)29)25-11-6-10-24(18-25)22-8-4-3-5-9-22/h3-21H,1-2H3. The fraction of sp³-hybridized carbons (Fsp3) is 0.0938. The highest BCUT2D eigenvalue weighted by molar-refractivity contribution is 6.10. The fourth-order valence-corrected chi connectivity index (χ4v) is 4.64. The molecule has 0 saturated heterocycles. The Morgan fingerprint density at radius 3 is 2.18 bits per heavy atom. The number of pyridine rings is 1. The van der Waals surface area contributed by atoms with Gasteiger partial charge in [0.25, 0.3) is 0 Å². The first-order chi connectivity index (χ1) is 16.7. The van der Waals surface area contributed by atoms with Gasteiger partial charge in [0.2, 0.25) is 0 Å². The first kappa shape index (κ1) is 20.4. The molecule has 0 radical (unpaired) electrons. The Balaban J connectivity index is 1.47. The largest absolute Gasteiger partial charge is 0.455 e. The molecule has 0 saturated carbocycles. The van der Waals surface area contributed by atoms with E-state index in [1.54, 1.807) is 0 Å². The van der Waals surface area contributed by atoms with E-state index in [1.807, 2.05) is 12.3 Å². The van der Waals surface area contributed by atoms with Crippen molar-refractivity contribution < 1.29 is 4.42 Å². The Morgan fingerprint density at radius 2 is 1.35 bits per heavy atom. The molecule has 0 atom stereocenters. The van der Waals surface area contributed by atoms with Gasteiger partial charge in [-0.3, -0.25) is 4.98 Å². The zero-order chi connectivity index (χ0) is 23.1. The lowest BCUT2D eigenvalue weighted by atomic mass is 9.98. The molecule has 0 N–H and O–H groups in total. The summed E-state index contributed by atoms with van der Waals surface area (Å²) in [6, 6.07) is 36.3. The van der Waals surface area contributed by atoms with Crippen LogP contribution in [-0.2, 0) is 0 Å². The van der Waals surface area contributed by atoms with E-state index < -0.39 is 0 Å². The maximum Gasteiger partial charge on any atom is 0.144 e. The van der Waals surface area contributed by atoms with Crippen LogP contribution < -0.4 is 0 Å². The molecule has 2 aromatic heterocycles. The lowest BCUT2D eigenvalue weighted by Gasteiger charge is -2.07. The topological polar surface area (TPSA) is 26.0 Å². The molecule has 4 aromatic carbocycles. The molecular formula is C32H25NO. The number of benzene rings is 4. The van der Waals surface area contributed by atoms with Crippen LogP contribution in [0.4, 0.5) is 0 Å². The van der Waals surface area contributed by atoms with Gasteiger partial charge in [0.05, 0.1) is 5.69 Å². The second-order valence-electron chi connectivity index (χ2n) is 9.07. The van der Waals surface area contributed by atoms with E-state index in [0.717, 1.165) is 38.8 Å². The molecule has 0 spiro atoms. The van der Waals surface area contributed by atoms with E-state index in [4.69, 9.17) is 4.42 Å². The number of furan rings is 1. The molecule has 2 heteroatoms. The molecule has 2 heterocycles. The maximum atomic E-state index is 6.48. The number of nitrogens with zero attached hydrogens (tertiary/aromatic N) is 1. The summed E-state index contributed by atoms with van der Waals surface area (Å²) < 4.78 is 6.48.